The zero-order chi connectivity index (χ0) is 7.61. The van der Waals surface area contributed by atoms with Gasteiger partial charge in [0.25, 0.3) is 0 Å². The van der Waals surface area contributed by atoms with Crippen molar-refractivity contribution in [1.29, 1.82) is 0 Å². The van der Waals surface area contributed by atoms with Crippen LogP contribution in [0.4, 0.5) is 0 Å². The predicted molar refractivity (Wildman–Crippen MR) is 43.0 cm³/mol. The van der Waals surface area contributed by atoms with Crippen LogP contribution in [0.15, 0.2) is 11.6 Å². The van der Waals surface area contributed by atoms with Gasteiger partial charge in [0.15, 0.2) is 0 Å². The molecule has 0 N–H and O–H groups in total. The molecule has 58 valence electrons. The van der Waals surface area contributed by atoms with E-state index in [-0.39, 0.29) is 0 Å². The van der Waals surface area contributed by atoms with Crippen LogP contribution < -0.4 is 0 Å². The summed E-state index contributed by atoms with van der Waals surface area (Å²) >= 11 is 0. The van der Waals surface area contributed by atoms with Gasteiger partial charge in [-0.25, -0.2) is 0 Å². The Morgan fingerprint density at radius 3 is 2.40 bits per heavy atom. The van der Waals surface area contributed by atoms with Crippen LogP contribution in [0.25, 0.3) is 0 Å². The third-order valence-corrected chi connectivity index (χ3v) is 1.93. The zero-order valence-corrected chi connectivity index (χ0v) is 7.11. The summed E-state index contributed by atoms with van der Waals surface area (Å²) in [6.07, 6.45) is 3.33. The Morgan fingerprint density at radius 1 is 1.40 bits per heavy atom. The van der Waals surface area contributed by atoms with Gasteiger partial charge in [-0.3, -0.25) is 0 Å². The van der Waals surface area contributed by atoms with Crippen molar-refractivity contribution in [2.24, 2.45) is 5.41 Å². The number of hydrogen-bond acceptors (Lipinski definition) is 1. The van der Waals surface area contributed by atoms with E-state index in [1.807, 2.05) is 0 Å². The number of hydrogen-bond donors (Lipinski definition) is 0. The van der Waals surface area contributed by atoms with Crippen LogP contribution in [0, 0.1) is 5.41 Å². The van der Waals surface area contributed by atoms with Crippen LogP contribution >= 0.6 is 0 Å². The third kappa shape index (κ3) is 1.84. The molecule has 0 spiro atoms. The highest BCUT2D eigenvalue weighted by molar-refractivity contribution is 5.12. The molecule has 0 atom stereocenters. The van der Waals surface area contributed by atoms with Crippen molar-refractivity contribution in [3.63, 3.8) is 0 Å². The molecule has 0 aliphatic carbocycles. The average molecular weight is 140 g/mol. The standard InChI is InChI=1S/C9H16O/c1-9(2,3)8-4-6-10-7-5-8/h4H,5-7H2,1-3H3. The van der Waals surface area contributed by atoms with Crippen molar-refractivity contribution < 1.29 is 4.74 Å². The van der Waals surface area contributed by atoms with E-state index in [1.54, 1.807) is 5.57 Å². The molecule has 0 fully saturated rings. The third-order valence-electron chi connectivity index (χ3n) is 1.93. The summed E-state index contributed by atoms with van der Waals surface area (Å²) in [5.74, 6) is 0. The molecule has 0 bridgehead atoms. The van der Waals surface area contributed by atoms with Gasteiger partial charge in [-0.15, -0.1) is 0 Å². The van der Waals surface area contributed by atoms with E-state index in [0.717, 1.165) is 19.6 Å². The molecule has 0 radical (unpaired) electrons. The lowest BCUT2D eigenvalue weighted by Gasteiger charge is -2.25. The monoisotopic (exact) mass is 140 g/mol. The zero-order valence-electron chi connectivity index (χ0n) is 7.11. The maximum Gasteiger partial charge on any atom is 0.0650 e. The normalized spacial score (nSPS) is 20.5. The maximum absolute atomic E-state index is 5.22. The second-order valence-corrected chi connectivity index (χ2v) is 3.80. The van der Waals surface area contributed by atoms with E-state index in [9.17, 15) is 0 Å². The van der Waals surface area contributed by atoms with Crippen LogP contribution in [-0.4, -0.2) is 13.2 Å². The van der Waals surface area contributed by atoms with Crippen molar-refractivity contribution in [2.75, 3.05) is 13.2 Å². The molecule has 0 unspecified atom stereocenters. The molecule has 1 heterocycles. The van der Waals surface area contributed by atoms with E-state index in [0.29, 0.717) is 5.41 Å². The fourth-order valence-electron chi connectivity index (χ4n) is 1.21. The summed E-state index contributed by atoms with van der Waals surface area (Å²) in [6.45, 7) is 8.48. The maximum atomic E-state index is 5.22. The summed E-state index contributed by atoms with van der Waals surface area (Å²) in [4.78, 5) is 0. The van der Waals surface area contributed by atoms with Crippen LogP contribution in [-0.2, 0) is 4.74 Å². The van der Waals surface area contributed by atoms with Crippen molar-refractivity contribution in [2.45, 2.75) is 27.2 Å². The molecule has 0 amide bonds. The first kappa shape index (κ1) is 7.80. The SMILES string of the molecule is CC(C)(C)C1=CCOCC1. The van der Waals surface area contributed by atoms with Gasteiger partial charge < -0.3 is 4.74 Å². The van der Waals surface area contributed by atoms with Crippen LogP contribution in [0.5, 0.6) is 0 Å². The van der Waals surface area contributed by atoms with E-state index in [1.165, 1.54) is 0 Å². The van der Waals surface area contributed by atoms with E-state index < -0.39 is 0 Å². The first-order valence-electron chi connectivity index (χ1n) is 3.88. The highest BCUT2D eigenvalue weighted by Gasteiger charge is 2.17. The van der Waals surface area contributed by atoms with Crippen molar-refractivity contribution in [3.05, 3.63) is 11.6 Å². The summed E-state index contributed by atoms with van der Waals surface area (Å²) in [7, 11) is 0. The van der Waals surface area contributed by atoms with Gasteiger partial charge in [-0.2, -0.15) is 0 Å². The quantitative estimate of drug-likeness (QED) is 0.469. The topological polar surface area (TPSA) is 9.23 Å². The first-order valence-corrected chi connectivity index (χ1v) is 3.88. The molecule has 1 aliphatic rings. The molecule has 10 heavy (non-hydrogen) atoms. The lowest BCUT2D eigenvalue weighted by Crippen LogP contribution is -2.16. The Labute approximate surface area is 63.1 Å². The Hall–Kier alpha value is -0.300. The highest BCUT2D eigenvalue weighted by atomic mass is 16.5. The van der Waals surface area contributed by atoms with Crippen molar-refractivity contribution in [1.82, 2.24) is 0 Å². The number of rotatable bonds is 0. The Kier molecular flexibility index (Phi) is 2.14. The van der Waals surface area contributed by atoms with Crippen LogP contribution in [0.3, 0.4) is 0 Å². The second kappa shape index (κ2) is 2.75. The van der Waals surface area contributed by atoms with Gasteiger partial charge in [-0.05, 0) is 11.8 Å². The first-order chi connectivity index (χ1) is 4.61. The fourth-order valence-corrected chi connectivity index (χ4v) is 1.21. The number of ether oxygens (including phenoxy) is 1. The lowest BCUT2D eigenvalue weighted by molar-refractivity contribution is 0.147. The Balaban J connectivity index is 2.62. The van der Waals surface area contributed by atoms with Gasteiger partial charge in [-0.1, -0.05) is 32.4 Å². The molecule has 0 aromatic heterocycles. The summed E-state index contributed by atoms with van der Waals surface area (Å²) < 4.78 is 5.22. The Morgan fingerprint density at radius 2 is 2.10 bits per heavy atom. The summed E-state index contributed by atoms with van der Waals surface area (Å²) in [6, 6.07) is 0. The molecular weight excluding hydrogens is 124 g/mol. The summed E-state index contributed by atoms with van der Waals surface area (Å²) in [5, 5.41) is 0. The molecule has 1 aliphatic heterocycles. The van der Waals surface area contributed by atoms with Gasteiger partial charge in [0.05, 0.1) is 13.2 Å². The molecule has 1 heteroatoms. The summed E-state index contributed by atoms with van der Waals surface area (Å²) in [5.41, 5.74) is 1.89. The molecule has 1 rings (SSSR count). The van der Waals surface area contributed by atoms with E-state index in [2.05, 4.69) is 26.8 Å². The van der Waals surface area contributed by atoms with Gasteiger partial charge in [0.2, 0.25) is 0 Å². The molecule has 1 nitrogen and oxygen atoms in total. The van der Waals surface area contributed by atoms with E-state index >= 15 is 0 Å². The lowest BCUT2D eigenvalue weighted by atomic mass is 9.84. The smallest absolute Gasteiger partial charge is 0.0650 e. The molecule has 0 aromatic rings. The largest absolute Gasteiger partial charge is 0.377 e. The van der Waals surface area contributed by atoms with Crippen molar-refractivity contribution in [3.8, 4) is 0 Å². The molecular formula is C9H16O. The van der Waals surface area contributed by atoms with Crippen molar-refractivity contribution >= 4 is 0 Å². The second-order valence-electron chi connectivity index (χ2n) is 3.80. The average Bonchev–Trinajstić information content (AvgIpc) is 1.88. The minimum absolute atomic E-state index is 0.351. The predicted octanol–water partition coefficient (Wildman–Crippen LogP) is 2.38. The Bertz CT molecular complexity index is 139. The van der Waals surface area contributed by atoms with Crippen LogP contribution in [0.1, 0.15) is 27.2 Å². The van der Waals surface area contributed by atoms with Gasteiger partial charge in [0.1, 0.15) is 0 Å². The van der Waals surface area contributed by atoms with E-state index in [4.69, 9.17) is 4.74 Å². The molecule has 0 aromatic carbocycles. The van der Waals surface area contributed by atoms with Crippen LogP contribution in [0.2, 0.25) is 0 Å². The fraction of sp³-hybridized carbons (Fsp3) is 0.778. The van der Waals surface area contributed by atoms with Gasteiger partial charge in [0, 0.05) is 0 Å². The molecule has 0 saturated heterocycles. The minimum Gasteiger partial charge on any atom is -0.377 e. The minimum atomic E-state index is 0.351. The highest BCUT2D eigenvalue weighted by Crippen LogP contribution is 2.29. The molecule has 0 saturated carbocycles. The van der Waals surface area contributed by atoms with Gasteiger partial charge >= 0.3 is 0 Å².